The summed E-state index contributed by atoms with van der Waals surface area (Å²) in [6.07, 6.45) is 4.31. The van der Waals surface area contributed by atoms with Crippen LogP contribution in [-0.4, -0.2) is 74.9 Å². The van der Waals surface area contributed by atoms with Crippen LogP contribution in [0.15, 0.2) is 65.1 Å². The van der Waals surface area contributed by atoms with E-state index < -0.39 is 12.0 Å². The first-order chi connectivity index (χ1) is 24.7. The number of rotatable bonds is 14. The minimum atomic E-state index is -0.947. The molecule has 1 fully saturated rings. The fraction of sp³-hybridized carbons (Fsp3) is 0.415. The molecule has 5 rings (SSSR count). The number of cyclic esters (lactones) is 1. The Morgan fingerprint density at radius 3 is 2.23 bits per heavy atom. The zero-order chi connectivity index (χ0) is 38.1. The van der Waals surface area contributed by atoms with Crippen LogP contribution < -0.4 is 20.1 Å². The molecule has 2 aromatic rings. The number of hydrogen-bond acceptors (Lipinski definition) is 8. The van der Waals surface area contributed by atoms with Crippen molar-refractivity contribution in [2.45, 2.75) is 77.9 Å². The Bertz CT molecular complexity index is 1990. The number of esters is 1. The van der Waals surface area contributed by atoms with Crippen molar-refractivity contribution in [2.75, 3.05) is 33.1 Å². The highest BCUT2D eigenvalue weighted by Crippen LogP contribution is 2.41. The van der Waals surface area contributed by atoms with E-state index in [0.717, 1.165) is 64.6 Å². The number of fused-ring (bicyclic) bond motifs is 2. The first kappa shape index (κ1) is 39.5. The molecule has 0 aromatic heterocycles. The Kier molecular flexibility index (Phi) is 13.5. The van der Waals surface area contributed by atoms with Crippen LogP contribution in [0, 0.1) is 5.92 Å². The summed E-state index contributed by atoms with van der Waals surface area (Å²) in [7, 11) is 7.92. The molecule has 11 nitrogen and oxygen atoms in total. The molecule has 2 aromatic carbocycles. The van der Waals surface area contributed by atoms with Gasteiger partial charge in [-0.2, -0.15) is 0 Å². The highest BCUT2D eigenvalue weighted by molar-refractivity contribution is 6.07. The molecule has 1 aliphatic carbocycles. The van der Waals surface area contributed by atoms with Crippen LogP contribution in [-0.2, 0) is 23.9 Å². The monoisotopic (exact) mass is 712 g/mol. The number of carbonyl (C=O) groups is 5. The Labute approximate surface area is 304 Å². The van der Waals surface area contributed by atoms with E-state index in [2.05, 4.69) is 5.32 Å². The molecule has 276 valence electrons. The first-order valence-corrected chi connectivity index (χ1v) is 17.7. The molecule has 1 amide bonds. The van der Waals surface area contributed by atoms with Crippen LogP contribution in [0.3, 0.4) is 0 Å². The van der Waals surface area contributed by atoms with Crippen LogP contribution in [0.25, 0.3) is 33.4 Å². The van der Waals surface area contributed by atoms with Crippen molar-refractivity contribution in [1.29, 1.82) is 0 Å². The van der Waals surface area contributed by atoms with Crippen molar-refractivity contribution in [3.63, 3.8) is 0 Å². The van der Waals surface area contributed by atoms with Gasteiger partial charge in [0.15, 0.2) is 5.78 Å². The number of benzene rings is 3. The topological polar surface area (TPSA) is 146 Å². The number of ether oxygens (including phenoxy) is 1. The second kappa shape index (κ2) is 17.7. The third-order valence-electron chi connectivity index (χ3n) is 9.28. The van der Waals surface area contributed by atoms with Gasteiger partial charge in [-0.05, 0) is 63.4 Å². The van der Waals surface area contributed by atoms with E-state index in [-0.39, 0.29) is 47.4 Å². The van der Waals surface area contributed by atoms with Gasteiger partial charge >= 0.3 is 11.9 Å². The van der Waals surface area contributed by atoms with Crippen molar-refractivity contribution in [3.8, 4) is 22.5 Å². The van der Waals surface area contributed by atoms with Crippen LogP contribution in [0.4, 0.5) is 5.69 Å². The average molecular weight is 713 g/mol. The molecule has 0 bridgehead atoms. The molecular weight excluding hydrogens is 662 g/mol. The lowest BCUT2D eigenvalue weighted by molar-refractivity contribution is -0.183. The molecule has 11 heteroatoms. The van der Waals surface area contributed by atoms with Crippen molar-refractivity contribution < 1.29 is 38.2 Å². The van der Waals surface area contributed by atoms with E-state index in [1.165, 1.54) is 0 Å². The van der Waals surface area contributed by atoms with Gasteiger partial charge in [-0.1, -0.05) is 31.0 Å². The predicted octanol–water partition coefficient (Wildman–Crippen LogP) is 5.94. The van der Waals surface area contributed by atoms with E-state index in [1.807, 2.05) is 86.2 Å². The summed E-state index contributed by atoms with van der Waals surface area (Å²) in [5, 5.41) is 14.3. The SMILES string of the molecule is CC(=O)CCCCCCC(=O)N[C@H](C)C(=O)C[C@@H]1C(=O)O[C@@H]1C.CN(C)c1ccc2c(-c3ccccc3C(=O)O)c3ccc(=[N+](C)C)cc-3oc2c1. The summed E-state index contributed by atoms with van der Waals surface area (Å²) in [5.74, 6) is -1.04. The van der Waals surface area contributed by atoms with Gasteiger partial charge in [0, 0.05) is 67.7 Å². The summed E-state index contributed by atoms with van der Waals surface area (Å²) < 4.78 is 13.1. The smallest absolute Gasteiger partial charge is 0.336 e. The second-order valence-corrected chi connectivity index (χ2v) is 13.8. The molecule has 52 heavy (non-hydrogen) atoms. The molecule has 3 atom stereocenters. The Morgan fingerprint density at radius 1 is 0.923 bits per heavy atom. The minimum Gasteiger partial charge on any atom is -0.478 e. The maximum atomic E-state index is 12.0. The average Bonchev–Trinajstić information content (AvgIpc) is 3.10. The predicted molar refractivity (Wildman–Crippen MR) is 201 cm³/mol. The lowest BCUT2D eigenvalue weighted by atomic mass is 9.90. The lowest BCUT2D eigenvalue weighted by Gasteiger charge is -2.32. The minimum absolute atomic E-state index is 0.118. The van der Waals surface area contributed by atoms with Crippen LogP contribution >= 0.6 is 0 Å². The fourth-order valence-corrected chi connectivity index (χ4v) is 6.12. The van der Waals surface area contributed by atoms with Crippen molar-refractivity contribution in [3.05, 3.63) is 71.6 Å². The molecule has 0 unspecified atom stereocenters. The number of ketones is 2. The number of Topliss-reactive ketones (excluding diaryl/α,β-unsaturated/α-hetero) is 2. The van der Waals surface area contributed by atoms with Crippen molar-refractivity contribution >= 4 is 46.1 Å². The largest absolute Gasteiger partial charge is 0.478 e. The van der Waals surface area contributed by atoms with E-state index in [4.69, 9.17) is 9.15 Å². The standard InChI is InChI=1S/C24H22N2O3.C17H27NO5/c1-25(2)15-9-11-19-21(13-15)29-22-14-16(26(3)4)10-12-20(22)23(19)17-7-5-6-8-18(17)24(27)28;1-11(19)8-6-4-5-7-9-16(21)18-12(2)15(20)10-14-13(3)23-17(14)22/h5-14H,1-4H3;12-14H,4-10H2,1-3H3,(H,18,21)/p+1/t;12-,13-,14+/m.1/s1. The van der Waals surface area contributed by atoms with Gasteiger partial charge in [0.1, 0.15) is 43.2 Å². The van der Waals surface area contributed by atoms with Crippen LogP contribution in [0.1, 0.15) is 76.1 Å². The highest BCUT2D eigenvalue weighted by Gasteiger charge is 2.41. The molecule has 0 saturated carbocycles. The summed E-state index contributed by atoms with van der Waals surface area (Å²) in [6.45, 7) is 4.98. The zero-order valence-corrected chi connectivity index (χ0v) is 31.2. The van der Waals surface area contributed by atoms with E-state index in [9.17, 15) is 29.1 Å². The molecular formula is C41H50N3O8+. The summed E-state index contributed by atoms with van der Waals surface area (Å²) in [4.78, 5) is 59.7. The Hall–Kier alpha value is -5.32. The van der Waals surface area contributed by atoms with Gasteiger partial charge < -0.3 is 29.3 Å². The molecule has 3 aliphatic rings. The van der Waals surface area contributed by atoms with E-state index in [0.29, 0.717) is 18.4 Å². The van der Waals surface area contributed by atoms with Crippen LogP contribution in [0.5, 0.6) is 0 Å². The Balaban J connectivity index is 0.000000240. The molecule has 2 N–H and O–H groups in total. The number of carboxylic acid groups (broad SMARTS) is 1. The zero-order valence-electron chi connectivity index (χ0n) is 31.2. The number of nitrogens with zero attached hydrogens (tertiary/aromatic N) is 2. The number of carboxylic acids is 1. The number of aromatic carboxylic acids is 1. The molecule has 0 spiro atoms. The lowest BCUT2D eigenvalue weighted by Crippen LogP contribution is -2.47. The van der Waals surface area contributed by atoms with Gasteiger partial charge in [0.05, 0.1) is 17.7 Å². The first-order valence-electron chi connectivity index (χ1n) is 17.7. The number of anilines is 1. The van der Waals surface area contributed by atoms with Gasteiger partial charge in [0.25, 0.3) is 0 Å². The molecule has 2 heterocycles. The van der Waals surface area contributed by atoms with Crippen molar-refractivity contribution in [1.82, 2.24) is 9.89 Å². The quantitative estimate of drug-likeness (QED) is 0.0702. The number of unbranched alkanes of at least 4 members (excludes halogenated alkanes) is 3. The summed E-state index contributed by atoms with van der Waals surface area (Å²) in [6, 6.07) is 18.6. The number of carbonyl (C=O) groups excluding carboxylic acids is 4. The third kappa shape index (κ3) is 9.92. The fourth-order valence-electron chi connectivity index (χ4n) is 6.12. The molecule has 0 radical (unpaired) electrons. The van der Waals surface area contributed by atoms with Gasteiger partial charge in [-0.3, -0.25) is 14.4 Å². The van der Waals surface area contributed by atoms with Crippen molar-refractivity contribution in [2.24, 2.45) is 5.92 Å². The normalized spacial score (nSPS) is 15.5. The van der Waals surface area contributed by atoms with E-state index >= 15 is 0 Å². The van der Waals surface area contributed by atoms with Gasteiger partial charge in [-0.15, -0.1) is 0 Å². The maximum absolute atomic E-state index is 12.0. The number of nitrogens with one attached hydrogen (secondary N) is 1. The molecule has 1 saturated heterocycles. The maximum Gasteiger partial charge on any atom is 0.336 e. The van der Waals surface area contributed by atoms with Crippen LogP contribution in [0.2, 0.25) is 0 Å². The highest BCUT2D eigenvalue weighted by atomic mass is 16.6. The second-order valence-electron chi connectivity index (χ2n) is 13.8. The number of amides is 1. The summed E-state index contributed by atoms with van der Waals surface area (Å²) in [5.41, 5.74) is 4.44. The van der Waals surface area contributed by atoms with Gasteiger partial charge in [0.2, 0.25) is 11.3 Å². The van der Waals surface area contributed by atoms with E-state index in [1.54, 1.807) is 32.9 Å². The van der Waals surface area contributed by atoms with Gasteiger partial charge in [-0.25, -0.2) is 9.37 Å². The Morgan fingerprint density at radius 2 is 1.62 bits per heavy atom. The third-order valence-corrected chi connectivity index (χ3v) is 9.28. The molecule has 2 aliphatic heterocycles. The number of hydrogen-bond donors (Lipinski definition) is 2. The summed E-state index contributed by atoms with van der Waals surface area (Å²) >= 11 is 0.